The quantitative estimate of drug-likeness (QED) is 0.719. The van der Waals surface area contributed by atoms with Crippen LogP contribution in [-0.2, 0) is 9.73 Å². The van der Waals surface area contributed by atoms with Gasteiger partial charge in [0.25, 0.3) is 0 Å². The highest BCUT2D eigenvalue weighted by Gasteiger charge is 2.19. The van der Waals surface area contributed by atoms with E-state index in [1.807, 2.05) is 0 Å². The Balaban J connectivity index is 2.32. The van der Waals surface area contributed by atoms with Crippen molar-refractivity contribution < 1.29 is 4.21 Å². The molecule has 0 N–H and O–H groups in total. The van der Waals surface area contributed by atoms with Crippen molar-refractivity contribution in [1.29, 1.82) is 0 Å². The zero-order valence-electron chi connectivity index (χ0n) is 6.81. The number of nitrogens with zero attached hydrogens (tertiary/aromatic N) is 3. The molecule has 0 amide bonds. The van der Waals surface area contributed by atoms with Gasteiger partial charge in [0, 0.05) is 11.5 Å². The maximum absolute atomic E-state index is 11.6. The SMILES string of the molecule is O=S1(=Nc2cnc(Cl)cn2)CCC1. The average molecular weight is 218 g/mol. The lowest BCUT2D eigenvalue weighted by Crippen LogP contribution is -2.23. The van der Waals surface area contributed by atoms with Gasteiger partial charge in [0.2, 0.25) is 0 Å². The lowest BCUT2D eigenvalue weighted by molar-refractivity contribution is 0.663. The maximum Gasteiger partial charge on any atom is 0.180 e. The highest BCUT2D eigenvalue weighted by Crippen LogP contribution is 2.19. The van der Waals surface area contributed by atoms with Crippen molar-refractivity contribution in [2.24, 2.45) is 4.36 Å². The first-order valence-corrected chi connectivity index (χ1v) is 6.11. The van der Waals surface area contributed by atoms with Gasteiger partial charge in [-0.3, -0.25) is 0 Å². The predicted octanol–water partition coefficient (Wildman–Crippen LogP) is 1.63. The molecule has 0 aliphatic carbocycles. The number of rotatable bonds is 1. The average Bonchev–Trinajstić information content (AvgIpc) is 2.06. The van der Waals surface area contributed by atoms with Crippen molar-refractivity contribution in [3.05, 3.63) is 17.5 Å². The molecule has 0 spiro atoms. The minimum atomic E-state index is -1.98. The Hall–Kier alpha value is -0.680. The van der Waals surface area contributed by atoms with Crippen LogP contribution in [0, 0.1) is 0 Å². The van der Waals surface area contributed by atoms with Crippen LogP contribution in [0.4, 0.5) is 5.82 Å². The second kappa shape index (κ2) is 3.23. The molecule has 13 heavy (non-hydrogen) atoms. The van der Waals surface area contributed by atoms with Gasteiger partial charge in [-0.2, -0.15) is 4.36 Å². The standard InChI is InChI=1S/C7H8ClN3OS/c8-6-4-10-7(5-9-6)11-13(12)2-1-3-13/h4-5H,1-3H2. The van der Waals surface area contributed by atoms with Crippen LogP contribution in [0.3, 0.4) is 0 Å². The highest BCUT2D eigenvalue weighted by atomic mass is 35.5. The van der Waals surface area contributed by atoms with E-state index < -0.39 is 9.73 Å². The fourth-order valence-electron chi connectivity index (χ4n) is 1.01. The fourth-order valence-corrected chi connectivity index (χ4v) is 2.50. The molecular weight excluding hydrogens is 210 g/mol. The van der Waals surface area contributed by atoms with Gasteiger partial charge in [0.1, 0.15) is 5.15 Å². The van der Waals surface area contributed by atoms with Crippen LogP contribution in [0.5, 0.6) is 0 Å². The lowest BCUT2D eigenvalue weighted by Gasteiger charge is -2.17. The van der Waals surface area contributed by atoms with Gasteiger partial charge in [-0.1, -0.05) is 11.6 Å². The van der Waals surface area contributed by atoms with Gasteiger partial charge in [0.05, 0.1) is 22.1 Å². The molecule has 1 aromatic rings. The van der Waals surface area contributed by atoms with Crippen LogP contribution in [0.25, 0.3) is 0 Å². The first-order chi connectivity index (χ1) is 6.18. The lowest BCUT2D eigenvalue weighted by atomic mass is 10.5. The number of halogens is 1. The molecule has 0 atom stereocenters. The normalized spacial score (nSPS) is 19.2. The molecule has 0 bridgehead atoms. The van der Waals surface area contributed by atoms with Crippen molar-refractivity contribution in [3.8, 4) is 0 Å². The minimum absolute atomic E-state index is 0.322. The Morgan fingerprint density at radius 3 is 2.62 bits per heavy atom. The topological polar surface area (TPSA) is 55.2 Å². The summed E-state index contributed by atoms with van der Waals surface area (Å²) in [6, 6.07) is 0. The molecule has 0 saturated carbocycles. The summed E-state index contributed by atoms with van der Waals surface area (Å²) in [7, 11) is -1.98. The molecule has 4 nitrogen and oxygen atoms in total. The summed E-state index contributed by atoms with van der Waals surface area (Å²) < 4.78 is 15.7. The third-order valence-electron chi connectivity index (χ3n) is 1.79. The van der Waals surface area contributed by atoms with E-state index in [9.17, 15) is 4.21 Å². The van der Waals surface area contributed by atoms with Gasteiger partial charge in [-0.05, 0) is 6.42 Å². The summed E-state index contributed by atoms with van der Waals surface area (Å²) in [6.07, 6.45) is 3.83. The van der Waals surface area contributed by atoms with E-state index in [2.05, 4.69) is 14.3 Å². The molecule has 0 unspecified atom stereocenters. The molecule has 1 aliphatic heterocycles. The summed E-state index contributed by atoms with van der Waals surface area (Å²) in [4.78, 5) is 7.71. The maximum atomic E-state index is 11.6. The van der Waals surface area contributed by atoms with Gasteiger partial charge in [-0.25, -0.2) is 14.2 Å². The van der Waals surface area contributed by atoms with E-state index in [0.29, 0.717) is 22.5 Å². The van der Waals surface area contributed by atoms with Crippen LogP contribution in [0.1, 0.15) is 6.42 Å². The summed E-state index contributed by atoms with van der Waals surface area (Å²) in [6.45, 7) is 0. The Morgan fingerprint density at radius 2 is 2.15 bits per heavy atom. The summed E-state index contributed by atoms with van der Waals surface area (Å²) in [5.74, 6) is 1.77. The third kappa shape index (κ3) is 1.97. The van der Waals surface area contributed by atoms with Crippen LogP contribution in [-0.4, -0.2) is 25.7 Å². The zero-order chi connectivity index (χ0) is 9.31. The monoisotopic (exact) mass is 217 g/mol. The van der Waals surface area contributed by atoms with E-state index >= 15 is 0 Å². The molecule has 0 radical (unpaired) electrons. The van der Waals surface area contributed by atoms with Crippen molar-refractivity contribution in [2.75, 3.05) is 11.5 Å². The Labute approximate surface area is 81.5 Å². The van der Waals surface area contributed by atoms with E-state index in [1.54, 1.807) is 0 Å². The molecule has 1 fully saturated rings. The first-order valence-electron chi connectivity index (χ1n) is 3.88. The van der Waals surface area contributed by atoms with Crippen molar-refractivity contribution in [1.82, 2.24) is 9.97 Å². The van der Waals surface area contributed by atoms with E-state index in [0.717, 1.165) is 6.42 Å². The second-order valence-corrected chi connectivity index (χ2v) is 5.75. The molecule has 2 heterocycles. The molecule has 6 heteroatoms. The molecule has 2 rings (SSSR count). The van der Waals surface area contributed by atoms with E-state index in [4.69, 9.17) is 11.6 Å². The summed E-state index contributed by atoms with van der Waals surface area (Å²) >= 11 is 5.54. The van der Waals surface area contributed by atoms with Crippen molar-refractivity contribution in [3.63, 3.8) is 0 Å². The number of aromatic nitrogens is 2. The van der Waals surface area contributed by atoms with Crippen LogP contribution in [0.2, 0.25) is 5.15 Å². The second-order valence-electron chi connectivity index (χ2n) is 2.82. The van der Waals surface area contributed by atoms with E-state index in [1.165, 1.54) is 12.4 Å². The van der Waals surface area contributed by atoms with Crippen molar-refractivity contribution in [2.45, 2.75) is 6.42 Å². The Morgan fingerprint density at radius 1 is 1.38 bits per heavy atom. The third-order valence-corrected chi connectivity index (χ3v) is 4.36. The number of hydrogen-bond acceptors (Lipinski definition) is 4. The minimum Gasteiger partial charge on any atom is -0.249 e. The Bertz CT molecular complexity index is 412. The largest absolute Gasteiger partial charge is 0.249 e. The molecule has 70 valence electrons. The molecule has 1 aliphatic rings. The van der Waals surface area contributed by atoms with Gasteiger partial charge >= 0.3 is 0 Å². The molecule has 0 aromatic carbocycles. The smallest absolute Gasteiger partial charge is 0.180 e. The first kappa shape index (κ1) is 8.90. The predicted molar refractivity (Wildman–Crippen MR) is 51.6 cm³/mol. The van der Waals surface area contributed by atoms with Gasteiger partial charge in [0.15, 0.2) is 5.82 Å². The van der Waals surface area contributed by atoms with Crippen LogP contribution in [0.15, 0.2) is 16.8 Å². The van der Waals surface area contributed by atoms with E-state index in [-0.39, 0.29) is 0 Å². The van der Waals surface area contributed by atoms with Crippen molar-refractivity contribution >= 4 is 27.1 Å². The molecule has 1 saturated heterocycles. The molecule has 1 aromatic heterocycles. The van der Waals surface area contributed by atoms with Gasteiger partial charge in [-0.15, -0.1) is 0 Å². The number of hydrogen-bond donors (Lipinski definition) is 0. The van der Waals surface area contributed by atoms with Crippen LogP contribution >= 0.6 is 11.6 Å². The van der Waals surface area contributed by atoms with Crippen LogP contribution < -0.4 is 0 Å². The zero-order valence-corrected chi connectivity index (χ0v) is 8.38. The molecular formula is C7H8ClN3OS. The summed E-state index contributed by atoms with van der Waals surface area (Å²) in [5.41, 5.74) is 0. The fraction of sp³-hybridized carbons (Fsp3) is 0.429. The van der Waals surface area contributed by atoms with Gasteiger partial charge < -0.3 is 0 Å². The summed E-state index contributed by atoms with van der Waals surface area (Å²) in [5, 5.41) is 0.322. The Kier molecular flexibility index (Phi) is 2.21. The highest BCUT2D eigenvalue weighted by molar-refractivity contribution is 7.95.